The van der Waals surface area contributed by atoms with Crippen LogP contribution >= 0.6 is 0 Å². The van der Waals surface area contributed by atoms with Crippen LogP contribution in [0.5, 0.6) is 0 Å². The van der Waals surface area contributed by atoms with Gasteiger partial charge in [0, 0.05) is 25.7 Å². The zero-order valence-corrected chi connectivity index (χ0v) is 9.47. The Morgan fingerprint density at radius 2 is 2.07 bits per heavy atom. The highest BCUT2D eigenvalue weighted by atomic mass is 15.2. The third-order valence-electron chi connectivity index (χ3n) is 3.94. The van der Waals surface area contributed by atoms with Crippen LogP contribution in [0.25, 0.3) is 0 Å². The number of hydrogen-bond donors (Lipinski definition) is 1. The normalized spacial score (nSPS) is 31.1. The lowest BCUT2D eigenvalue weighted by molar-refractivity contribution is 0.163. The van der Waals surface area contributed by atoms with Crippen molar-refractivity contribution in [3.8, 4) is 0 Å². The molecule has 2 heteroatoms. The fraction of sp³-hybridized carbons (Fsp3) is 1.00. The summed E-state index contributed by atoms with van der Waals surface area (Å²) in [6.45, 7) is 7.32. The monoisotopic (exact) mass is 196 g/mol. The molecule has 2 fully saturated rings. The van der Waals surface area contributed by atoms with Crippen LogP contribution in [0, 0.1) is 5.92 Å². The maximum atomic E-state index is 3.45. The molecular weight excluding hydrogens is 172 g/mol. The molecule has 0 radical (unpaired) electrons. The van der Waals surface area contributed by atoms with Crippen molar-refractivity contribution in [3.63, 3.8) is 0 Å². The molecule has 1 saturated carbocycles. The van der Waals surface area contributed by atoms with Crippen LogP contribution in [0.4, 0.5) is 0 Å². The highest BCUT2D eigenvalue weighted by Gasteiger charge is 2.20. The minimum Gasteiger partial charge on any atom is -0.314 e. The quantitative estimate of drug-likeness (QED) is 0.741. The van der Waals surface area contributed by atoms with Gasteiger partial charge in [0.1, 0.15) is 0 Å². The van der Waals surface area contributed by atoms with Crippen molar-refractivity contribution in [1.82, 2.24) is 10.2 Å². The molecule has 0 spiro atoms. The third kappa shape index (κ3) is 2.71. The smallest absolute Gasteiger partial charge is 0.0192 e. The zero-order valence-electron chi connectivity index (χ0n) is 9.47. The minimum atomic E-state index is 0.755. The lowest BCUT2D eigenvalue weighted by Crippen LogP contribution is -2.50. The summed E-state index contributed by atoms with van der Waals surface area (Å²) in [5.41, 5.74) is 0. The van der Waals surface area contributed by atoms with Crippen LogP contribution in [-0.4, -0.2) is 37.1 Å². The van der Waals surface area contributed by atoms with Crippen molar-refractivity contribution in [2.24, 2.45) is 5.92 Å². The molecule has 1 unspecified atom stereocenters. The first-order chi connectivity index (χ1) is 6.86. The van der Waals surface area contributed by atoms with Gasteiger partial charge in [-0.15, -0.1) is 0 Å². The standard InChI is InChI=1S/C12H24N2/c1-11-10-13-7-9-14(11)8-6-12-4-2-3-5-12/h11-13H,2-10H2,1H3. The summed E-state index contributed by atoms with van der Waals surface area (Å²) in [7, 11) is 0. The molecule has 0 aromatic rings. The van der Waals surface area contributed by atoms with Gasteiger partial charge in [-0.3, -0.25) is 4.90 Å². The number of nitrogens with zero attached hydrogens (tertiary/aromatic N) is 1. The number of hydrogen-bond acceptors (Lipinski definition) is 2. The molecule has 1 aliphatic heterocycles. The molecule has 2 aliphatic rings. The molecule has 14 heavy (non-hydrogen) atoms. The Labute approximate surface area is 88.1 Å². The number of nitrogens with one attached hydrogen (secondary N) is 1. The SMILES string of the molecule is CC1CNCCN1CCC1CCCC1. The van der Waals surface area contributed by atoms with Gasteiger partial charge >= 0.3 is 0 Å². The second kappa shape index (κ2) is 5.13. The van der Waals surface area contributed by atoms with Gasteiger partial charge in [-0.05, 0) is 25.8 Å². The second-order valence-corrected chi connectivity index (χ2v) is 5.03. The molecule has 2 nitrogen and oxygen atoms in total. The molecule has 1 saturated heterocycles. The van der Waals surface area contributed by atoms with Gasteiger partial charge < -0.3 is 5.32 Å². The molecule has 82 valence electrons. The van der Waals surface area contributed by atoms with E-state index in [-0.39, 0.29) is 0 Å². The first kappa shape index (κ1) is 10.4. The van der Waals surface area contributed by atoms with Crippen molar-refractivity contribution in [3.05, 3.63) is 0 Å². The van der Waals surface area contributed by atoms with E-state index >= 15 is 0 Å². The molecule has 0 aromatic heterocycles. The Morgan fingerprint density at radius 1 is 1.29 bits per heavy atom. The Kier molecular flexibility index (Phi) is 3.82. The molecule has 1 atom stereocenters. The minimum absolute atomic E-state index is 0.755. The van der Waals surface area contributed by atoms with E-state index in [0.29, 0.717) is 0 Å². The summed E-state index contributed by atoms with van der Waals surface area (Å²) in [5.74, 6) is 1.05. The van der Waals surface area contributed by atoms with Crippen molar-refractivity contribution < 1.29 is 0 Å². The summed E-state index contributed by atoms with van der Waals surface area (Å²) < 4.78 is 0. The third-order valence-corrected chi connectivity index (χ3v) is 3.94. The van der Waals surface area contributed by atoms with Crippen molar-refractivity contribution in [2.45, 2.75) is 45.1 Å². The summed E-state index contributed by atoms with van der Waals surface area (Å²) in [6.07, 6.45) is 7.43. The van der Waals surface area contributed by atoms with E-state index in [1.54, 1.807) is 0 Å². The second-order valence-electron chi connectivity index (χ2n) is 5.03. The summed E-state index contributed by atoms with van der Waals surface area (Å²) >= 11 is 0. The average molecular weight is 196 g/mol. The van der Waals surface area contributed by atoms with E-state index in [9.17, 15) is 0 Å². The summed E-state index contributed by atoms with van der Waals surface area (Å²) in [6, 6.07) is 0.755. The van der Waals surface area contributed by atoms with Gasteiger partial charge in [0.05, 0.1) is 0 Å². The predicted molar refractivity (Wildman–Crippen MR) is 60.5 cm³/mol. The van der Waals surface area contributed by atoms with Crippen LogP contribution in [0.15, 0.2) is 0 Å². The molecule has 1 aliphatic carbocycles. The first-order valence-corrected chi connectivity index (χ1v) is 6.31. The van der Waals surface area contributed by atoms with Gasteiger partial charge in [0.15, 0.2) is 0 Å². The Hall–Kier alpha value is -0.0800. The van der Waals surface area contributed by atoms with E-state index in [2.05, 4.69) is 17.1 Å². The molecule has 0 bridgehead atoms. The Balaban J connectivity index is 1.67. The molecule has 1 N–H and O–H groups in total. The van der Waals surface area contributed by atoms with Crippen LogP contribution in [-0.2, 0) is 0 Å². The van der Waals surface area contributed by atoms with Crippen LogP contribution in [0.3, 0.4) is 0 Å². The van der Waals surface area contributed by atoms with Crippen molar-refractivity contribution in [1.29, 1.82) is 0 Å². The van der Waals surface area contributed by atoms with E-state index in [0.717, 1.165) is 12.0 Å². The molecular formula is C12H24N2. The van der Waals surface area contributed by atoms with Crippen LogP contribution < -0.4 is 5.32 Å². The van der Waals surface area contributed by atoms with E-state index in [1.165, 1.54) is 58.3 Å². The van der Waals surface area contributed by atoms with Crippen molar-refractivity contribution >= 4 is 0 Å². The fourth-order valence-corrected chi connectivity index (χ4v) is 2.86. The van der Waals surface area contributed by atoms with E-state index < -0.39 is 0 Å². The lowest BCUT2D eigenvalue weighted by Gasteiger charge is -2.34. The van der Waals surface area contributed by atoms with Gasteiger partial charge in [-0.2, -0.15) is 0 Å². The number of piperazine rings is 1. The average Bonchev–Trinajstić information content (AvgIpc) is 2.69. The first-order valence-electron chi connectivity index (χ1n) is 6.31. The van der Waals surface area contributed by atoms with Gasteiger partial charge in [0.25, 0.3) is 0 Å². The summed E-state index contributed by atoms with van der Waals surface area (Å²) in [5, 5.41) is 3.45. The maximum Gasteiger partial charge on any atom is 0.0192 e. The Bertz CT molecular complexity index is 164. The van der Waals surface area contributed by atoms with E-state index in [4.69, 9.17) is 0 Å². The highest BCUT2D eigenvalue weighted by molar-refractivity contribution is 4.77. The largest absolute Gasteiger partial charge is 0.314 e. The molecule has 1 heterocycles. The maximum absolute atomic E-state index is 3.45. The lowest BCUT2D eigenvalue weighted by atomic mass is 10.0. The predicted octanol–water partition coefficient (Wildman–Crippen LogP) is 1.86. The highest BCUT2D eigenvalue weighted by Crippen LogP contribution is 2.27. The van der Waals surface area contributed by atoms with E-state index in [1.807, 2.05) is 0 Å². The fourth-order valence-electron chi connectivity index (χ4n) is 2.86. The van der Waals surface area contributed by atoms with Gasteiger partial charge in [0.2, 0.25) is 0 Å². The molecule has 2 rings (SSSR count). The Morgan fingerprint density at radius 3 is 2.79 bits per heavy atom. The van der Waals surface area contributed by atoms with Gasteiger partial charge in [-0.25, -0.2) is 0 Å². The summed E-state index contributed by atoms with van der Waals surface area (Å²) in [4.78, 5) is 2.66. The van der Waals surface area contributed by atoms with Gasteiger partial charge in [-0.1, -0.05) is 25.7 Å². The topological polar surface area (TPSA) is 15.3 Å². The number of rotatable bonds is 3. The van der Waals surface area contributed by atoms with Crippen molar-refractivity contribution in [2.75, 3.05) is 26.2 Å². The molecule has 0 aromatic carbocycles. The zero-order chi connectivity index (χ0) is 9.80. The molecule has 0 amide bonds. The van der Waals surface area contributed by atoms with Crippen LogP contribution in [0.2, 0.25) is 0 Å². The van der Waals surface area contributed by atoms with Crippen LogP contribution in [0.1, 0.15) is 39.0 Å².